The van der Waals surface area contributed by atoms with Crippen molar-refractivity contribution in [1.82, 2.24) is 0 Å². The van der Waals surface area contributed by atoms with Crippen LogP contribution in [0.4, 0.5) is 17.1 Å². The molecule has 0 saturated heterocycles. The maximum Gasteiger partial charge on any atom is 0.238 e. The zero-order valence-electron chi connectivity index (χ0n) is 11.7. The molecule has 0 fully saturated rings. The lowest BCUT2D eigenvalue weighted by Gasteiger charge is -2.04. The van der Waals surface area contributed by atoms with Gasteiger partial charge in [0.05, 0.1) is 16.3 Å². The Morgan fingerprint density at radius 3 is 2.14 bits per heavy atom. The van der Waals surface area contributed by atoms with Crippen molar-refractivity contribution in [1.29, 1.82) is 0 Å². The van der Waals surface area contributed by atoms with E-state index >= 15 is 0 Å². The lowest BCUT2D eigenvalue weighted by Crippen LogP contribution is -2.11. The average Bonchev–Trinajstić information content (AvgIpc) is 2.41. The van der Waals surface area contributed by atoms with E-state index in [4.69, 9.17) is 10.9 Å². The maximum absolute atomic E-state index is 11.1. The number of primary sulfonamides is 1. The van der Waals surface area contributed by atoms with Gasteiger partial charge in [0.15, 0.2) is 0 Å². The average molecular weight is 304 g/mol. The number of rotatable bonds is 3. The van der Waals surface area contributed by atoms with Crippen molar-refractivity contribution >= 4 is 27.1 Å². The van der Waals surface area contributed by atoms with Gasteiger partial charge in [-0.3, -0.25) is 0 Å². The van der Waals surface area contributed by atoms with E-state index in [1.54, 1.807) is 12.1 Å². The maximum atomic E-state index is 11.1. The van der Waals surface area contributed by atoms with Crippen LogP contribution >= 0.6 is 0 Å². The predicted octanol–water partition coefficient (Wildman–Crippen LogP) is 2.95. The van der Waals surface area contributed by atoms with Crippen LogP contribution in [0.25, 0.3) is 0 Å². The molecule has 0 unspecified atom stereocenters. The Balaban J connectivity index is 2.28. The summed E-state index contributed by atoms with van der Waals surface area (Å²) in [6, 6.07) is 9.57. The quantitative estimate of drug-likeness (QED) is 0.671. The van der Waals surface area contributed by atoms with E-state index in [9.17, 15) is 8.42 Å². The van der Waals surface area contributed by atoms with Gasteiger partial charge in [0.1, 0.15) is 0 Å². The van der Waals surface area contributed by atoms with Crippen molar-refractivity contribution in [2.45, 2.75) is 18.7 Å². The van der Waals surface area contributed by atoms with Gasteiger partial charge in [0.25, 0.3) is 0 Å². The summed E-state index contributed by atoms with van der Waals surface area (Å²) in [5.41, 5.74) is 9.63. The molecule has 2 rings (SSSR count). The second kappa shape index (κ2) is 5.63. The molecule has 2 aromatic rings. The van der Waals surface area contributed by atoms with Crippen LogP contribution in [-0.2, 0) is 10.0 Å². The standard InChI is InChI=1S/C14H16N4O2S/c1-9-8-14(10(2)7-13(9)15)18-17-11-3-5-12(6-4-11)21(16,19)20/h3-8H,15H2,1-2H3,(H2,16,19,20)/b18-17+. The van der Waals surface area contributed by atoms with Crippen molar-refractivity contribution in [3.8, 4) is 0 Å². The molecule has 7 heteroatoms. The van der Waals surface area contributed by atoms with Crippen molar-refractivity contribution in [2.75, 3.05) is 5.73 Å². The summed E-state index contributed by atoms with van der Waals surface area (Å²) in [6.07, 6.45) is 0. The summed E-state index contributed by atoms with van der Waals surface area (Å²) in [4.78, 5) is 0.0426. The number of hydrogen-bond acceptors (Lipinski definition) is 5. The summed E-state index contributed by atoms with van der Waals surface area (Å²) in [6.45, 7) is 3.79. The number of benzene rings is 2. The Kier molecular flexibility index (Phi) is 4.06. The Morgan fingerprint density at radius 1 is 0.952 bits per heavy atom. The topological polar surface area (TPSA) is 111 Å². The Hall–Kier alpha value is -2.25. The van der Waals surface area contributed by atoms with E-state index in [1.165, 1.54) is 12.1 Å². The summed E-state index contributed by atoms with van der Waals surface area (Å²) in [5.74, 6) is 0. The van der Waals surface area contributed by atoms with E-state index in [2.05, 4.69) is 10.2 Å². The first-order chi connectivity index (χ1) is 9.77. The summed E-state index contributed by atoms with van der Waals surface area (Å²) < 4.78 is 22.3. The van der Waals surface area contributed by atoms with E-state index in [0.29, 0.717) is 11.4 Å². The zero-order chi connectivity index (χ0) is 15.6. The summed E-state index contributed by atoms with van der Waals surface area (Å²) in [7, 11) is -3.69. The molecular weight excluding hydrogens is 288 g/mol. The number of nitrogens with zero attached hydrogens (tertiary/aromatic N) is 2. The van der Waals surface area contributed by atoms with Crippen LogP contribution in [0.3, 0.4) is 0 Å². The molecule has 0 heterocycles. The van der Waals surface area contributed by atoms with Gasteiger partial charge in [-0.2, -0.15) is 10.2 Å². The molecule has 0 aliphatic rings. The molecule has 0 radical (unpaired) electrons. The molecule has 0 aliphatic heterocycles. The molecule has 6 nitrogen and oxygen atoms in total. The molecule has 0 aromatic heterocycles. The molecule has 4 N–H and O–H groups in total. The van der Waals surface area contributed by atoms with Crippen molar-refractivity contribution in [3.05, 3.63) is 47.5 Å². The second-order valence-corrected chi connectivity index (χ2v) is 6.30. The summed E-state index contributed by atoms with van der Waals surface area (Å²) >= 11 is 0. The predicted molar refractivity (Wildman–Crippen MR) is 82.3 cm³/mol. The van der Waals surface area contributed by atoms with Gasteiger partial charge < -0.3 is 5.73 Å². The highest BCUT2D eigenvalue weighted by molar-refractivity contribution is 7.89. The minimum absolute atomic E-state index is 0.0426. The normalized spacial score (nSPS) is 12.0. The number of nitrogens with two attached hydrogens (primary N) is 2. The highest BCUT2D eigenvalue weighted by Gasteiger charge is 2.06. The lowest BCUT2D eigenvalue weighted by molar-refractivity contribution is 0.598. The highest BCUT2D eigenvalue weighted by atomic mass is 32.2. The van der Waals surface area contributed by atoms with Gasteiger partial charge in [-0.05, 0) is 61.4 Å². The molecule has 110 valence electrons. The minimum Gasteiger partial charge on any atom is -0.399 e. The smallest absolute Gasteiger partial charge is 0.238 e. The molecule has 21 heavy (non-hydrogen) atoms. The van der Waals surface area contributed by atoms with Gasteiger partial charge in [-0.15, -0.1) is 0 Å². The number of aryl methyl sites for hydroxylation is 2. The first-order valence-corrected chi connectivity index (χ1v) is 7.73. The van der Waals surface area contributed by atoms with Gasteiger partial charge >= 0.3 is 0 Å². The molecule has 2 aromatic carbocycles. The fourth-order valence-electron chi connectivity index (χ4n) is 1.75. The van der Waals surface area contributed by atoms with Gasteiger partial charge in [-0.25, -0.2) is 13.6 Å². The fraction of sp³-hybridized carbons (Fsp3) is 0.143. The van der Waals surface area contributed by atoms with Crippen LogP contribution in [-0.4, -0.2) is 8.42 Å². The van der Waals surface area contributed by atoms with Crippen LogP contribution in [0.5, 0.6) is 0 Å². The molecule has 0 amide bonds. The third kappa shape index (κ3) is 3.65. The van der Waals surface area contributed by atoms with Crippen LogP contribution in [0, 0.1) is 13.8 Å². The minimum atomic E-state index is -3.69. The number of azo groups is 1. The second-order valence-electron chi connectivity index (χ2n) is 4.73. The number of hydrogen-bond donors (Lipinski definition) is 2. The van der Waals surface area contributed by atoms with Gasteiger partial charge in [-0.1, -0.05) is 0 Å². The Morgan fingerprint density at radius 2 is 1.57 bits per heavy atom. The Labute approximate surface area is 123 Å². The molecule has 0 spiro atoms. The van der Waals surface area contributed by atoms with Crippen molar-refractivity contribution < 1.29 is 8.42 Å². The van der Waals surface area contributed by atoms with Crippen LogP contribution in [0.1, 0.15) is 11.1 Å². The van der Waals surface area contributed by atoms with Crippen molar-refractivity contribution in [2.24, 2.45) is 15.4 Å². The van der Waals surface area contributed by atoms with E-state index in [-0.39, 0.29) is 4.90 Å². The number of nitrogen functional groups attached to an aromatic ring is 1. The fourth-order valence-corrected chi connectivity index (χ4v) is 2.26. The Bertz CT molecular complexity index is 796. The number of sulfonamides is 1. The van der Waals surface area contributed by atoms with E-state index < -0.39 is 10.0 Å². The van der Waals surface area contributed by atoms with Gasteiger partial charge in [0, 0.05) is 5.69 Å². The monoisotopic (exact) mass is 304 g/mol. The molecule has 0 saturated carbocycles. The zero-order valence-corrected chi connectivity index (χ0v) is 12.6. The first kappa shape index (κ1) is 15.1. The molecular formula is C14H16N4O2S. The van der Waals surface area contributed by atoms with Gasteiger partial charge in [0.2, 0.25) is 10.0 Å². The van der Waals surface area contributed by atoms with Crippen LogP contribution in [0.2, 0.25) is 0 Å². The molecule has 0 atom stereocenters. The third-order valence-corrected chi connectivity index (χ3v) is 3.95. The lowest BCUT2D eigenvalue weighted by atomic mass is 10.1. The molecule has 0 aliphatic carbocycles. The molecule has 0 bridgehead atoms. The SMILES string of the molecule is Cc1cc(/N=N/c2ccc(S(N)(=O)=O)cc2)c(C)cc1N. The highest BCUT2D eigenvalue weighted by Crippen LogP contribution is 2.26. The largest absolute Gasteiger partial charge is 0.399 e. The number of anilines is 1. The third-order valence-electron chi connectivity index (χ3n) is 3.02. The van der Waals surface area contributed by atoms with E-state index in [1.807, 2.05) is 26.0 Å². The first-order valence-electron chi connectivity index (χ1n) is 6.19. The van der Waals surface area contributed by atoms with Crippen LogP contribution in [0.15, 0.2) is 51.5 Å². The van der Waals surface area contributed by atoms with Crippen molar-refractivity contribution in [3.63, 3.8) is 0 Å². The summed E-state index contributed by atoms with van der Waals surface area (Å²) in [5, 5.41) is 13.3. The van der Waals surface area contributed by atoms with Crippen LogP contribution < -0.4 is 10.9 Å². The van der Waals surface area contributed by atoms with E-state index in [0.717, 1.165) is 16.8 Å².